The number of aryl methyl sites for hydroxylation is 1. The van der Waals surface area contributed by atoms with Crippen LogP contribution in [0.4, 0.5) is 0 Å². The van der Waals surface area contributed by atoms with Crippen LogP contribution in [-0.2, 0) is 11.2 Å². The number of carbonyl (C=O) groups is 1. The first-order chi connectivity index (χ1) is 7.75. The lowest BCUT2D eigenvalue weighted by atomic mass is 10.2. The smallest absolute Gasteiger partial charge is 0.304 e. The molecule has 0 spiro atoms. The lowest BCUT2D eigenvalue weighted by molar-refractivity contribution is -0.131. The summed E-state index contributed by atoms with van der Waals surface area (Å²) in [6.07, 6.45) is 1.11. The van der Waals surface area contributed by atoms with Gasteiger partial charge in [0.1, 0.15) is 0 Å². The fourth-order valence-corrected chi connectivity index (χ4v) is 2.37. The van der Waals surface area contributed by atoms with Crippen molar-refractivity contribution in [3.8, 4) is 0 Å². The van der Waals surface area contributed by atoms with E-state index in [1.54, 1.807) is 5.38 Å². The van der Waals surface area contributed by atoms with Gasteiger partial charge in [0.05, 0.1) is 0 Å². The van der Waals surface area contributed by atoms with Crippen LogP contribution in [0.2, 0.25) is 0 Å². The number of thiazole rings is 1. The summed E-state index contributed by atoms with van der Waals surface area (Å²) < 4.78 is 0. The average molecular weight is 241 g/mol. The molecule has 1 aromatic heterocycles. The van der Waals surface area contributed by atoms with E-state index in [0.29, 0.717) is 12.8 Å². The van der Waals surface area contributed by atoms with Gasteiger partial charge in [-0.2, -0.15) is 0 Å². The molecule has 0 saturated carbocycles. The number of nitrogens with one attached hydrogen (secondary N) is 2. The van der Waals surface area contributed by atoms with E-state index in [4.69, 9.17) is 0 Å². The maximum atomic E-state index is 11.8. The predicted molar refractivity (Wildman–Crippen MR) is 62.7 cm³/mol. The molecule has 2 rings (SSSR count). The minimum absolute atomic E-state index is 0.0513. The van der Waals surface area contributed by atoms with Crippen molar-refractivity contribution in [3.63, 3.8) is 0 Å². The highest BCUT2D eigenvalue weighted by Gasteiger charge is 2.15. The van der Waals surface area contributed by atoms with Crippen LogP contribution < -0.4 is 10.2 Å². The van der Waals surface area contributed by atoms with Crippen LogP contribution in [0.25, 0.3) is 0 Å². The molecule has 0 atom stereocenters. The average Bonchev–Trinajstić information content (AvgIpc) is 2.73. The zero-order valence-electron chi connectivity index (χ0n) is 8.99. The second-order valence-corrected chi connectivity index (χ2v) is 4.65. The summed E-state index contributed by atoms with van der Waals surface area (Å²) in [4.78, 5) is 27.2. The normalized spacial score (nSPS) is 16.4. The number of hydrogen-bond acceptors (Lipinski definition) is 4. The molecular weight excluding hydrogens is 226 g/mol. The molecule has 1 saturated heterocycles. The van der Waals surface area contributed by atoms with Crippen LogP contribution in [0.1, 0.15) is 12.1 Å². The third-order valence-electron chi connectivity index (χ3n) is 2.65. The van der Waals surface area contributed by atoms with Gasteiger partial charge in [-0.05, 0) is 6.42 Å². The molecule has 1 aliphatic heterocycles. The maximum Gasteiger partial charge on any atom is 0.304 e. The summed E-state index contributed by atoms with van der Waals surface area (Å²) in [5.41, 5.74) is 0.860. The Kier molecular flexibility index (Phi) is 3.74. The van der Waals surface area contributed by atoms with Crippen molar-refractivity contribution in [1.29, 1.82) is 0 Å². The Labute approximate surface area is 97.5 Å². The molecule has 5 nitrogen and oxygen atoms in total. The molecule has 0 unspecified atom stereocenters. The molecule has 0 bridgehead atoms. The van der Waals surface area contributed by atoms with Gasteiger partial charge in [0.2, 0.25) is 5.91 Å². The number of carbonyl (C=O) groups excluding carboxylic acids is 1. The molecule has 16 heavy (non-hydrogen) atoms. The van der Waals surface area contributed by atoms with Gasteiger partial charge >= 0.3 is 4.87 Å². The zero-order chi connectivity index (χ0) is 11.4. The van der Waals surface area contributed by atoms with Crippen LogP contribution in [0.3, 0.4) is 0 Å². The SMILES string of the molecule is O=C(CCc1csc(=O)[nH]1)N1CCNCC1. The molecule has 6 heteroatoms. The Bertz CT molecular complexity index is 406. The quantitative estimate of drug-likeness (QED) is 0.770. The Hall–Kier alpha value is -1.14. The van der Waals surface area contributed by atoms with Crippen molar-refractivity contribution in [2.45, 2.75) is 12.8 Å². The van der Waals surface area contributed by atoms with Crippen molar-refractivity contribution < 1.29 is 4.79 Å². The molecule has 0 aliphatic carbocycles. The molecule has 0 aromatic carbocycles. The van der Waals surface area contributed by atoms with Gasteiger partial charge < -0.3 is 15.2 Å². The molecule has 1 fully saturated rings. The summed E-state index contributed by atoms with van der Waals surface area (Å²) >= 11 is 1.15. The predicted octanol–water partition coefficient (Wildman–Crippen LogP) is -0.199. The third kappa shape index (κ3) is 2.93. The number of H-pyrrole nitrogens is 1. The van der Waals surface area contributed by atoms with Crippen molar-refractivity contribution in [1.82, 2.24) is 15.2 Å². The van der Waals surface area contributed by atoms with Gasteiger partial charge in [0.15, 0.2) is 0 Å². The summed E-state index contributed by atoms with van der Waals surface area (Å²) in [5, 5.41) is 4.99. The lowest BCUT2D eigenvalue weighted by Crippen LogP contribution is -2.46. The van der Waals surface area contributed by atoms with Crippen molar-refractivity contribution in [2.75, 3.05) is 26.2 Å². The van der Waals surface area contributed by atoms with E-state index in [9.17, 15) is 9.59 Å². The van der Waals surface area contributed by atoms with Crippen molar-refractivity contribution >= 4 is 17.2 Å². The number of piperazine rings is 1. The maximum absolute atomic E-state index is 11.8. The first-order valence-electron chi connectivity index (χ1n) is 5.41. The molecule has 0 radical (unpaired) electrons. The Morgan fingerprint density at radius 2 is 2.19 bits per heavy atom. The number of aromatic amines is 1. The standard InChI is InChI=1S/C10H15N3O2S/c14-9(13-5-3-11-4-6-13)2-1-8-7-16-10(15)12-8/h7,11H,1-6H2,(H,12,15). The summed E-state index contributed by atoms with van der Waals surface area (Å²) in [7, 11) is 0. The fourth-order valence-electron chi connectivity index (χ4n) is 1.75. The second-order valence-electron chi connectivity index (χ2n) is 3.80. The van der Waals surface area contributed by atoms with Crippen LogP contribution in [-0.4, -0.2) is 42.0 Å². The first kappa shape index (κ1) is 11.3. The van der Waals surface area contributed by atoms with Gasteiger partial charge in [0, 0.05) is 43.7 Å². The molecule has 1 aromatic rings. The Balaban J connectivity index is 1.81. The number of nitrogens with zero attached hydrogens (tertiary/aromatic N) is 1. The zero-order valence-corrected chi connectivity index (χ0v) is 9.81. The van der Waals surface area contributed by atoms with Crippen molar-refractivity contribution in [3.05, 3.63) is 20.7 Å². The van der Waals surface area contributed by atoms with Gasteiger partial charge in [-0.1, -0.05) is 11.3 Å². The monoisotopic (exact) mass is 241 g/mol. The van der Waals surface area contributed by atoms with E-state index in [1.165, 1.54) is 0 Å². The molecule has 2 N–H and O–H groups in total. The number of aromatic nitrogens is 1. The largest absolute Gasteiger partial charge is 0.340 e. The van der Waals surface area contributed by atoms with E-state index in [2.05, 4.69) is 10.3 Å². The summed E-state index contributed by atoms with van der Waals surface area (Å²) in [6, 6.07) is 0. The molecule has 1 amide bonds. The Morgan fingerprint density at radius 1 is 1.44 bits per heavy atom. The van der Waals surface area contributed by atoms with Gasteiger partial charge in [0.25, 0.3) is 0 Å². The molecule has 88 valence electrons. The second kappa shape index (κ2) is 5.27. The van der Waals surface area contributed by atoms with Gasteiger partial charge in [-0.15, -0.1) is 0 Å². The number of rotatable bonds is 3. The molecule has 2 heterocycles. The van der Waals surface area contributed by atoms with E-state index in [1.807, 2.05) is 4.90 Å². The Morgan fingerprint density at radius 3 is 2.81 bits per heavy atom. The van der Waals surface area contributed by atoms with E-state index in [-0.39, 0.29) is 10.8 Å². The minimum atomic E-state index is -0.0513. The topological polar surface area (TPSA) is 65.2 Å². The van der Waals surface area contributed by atoms with Crippen molar-refractivity contribution in [2.24, 2.45) is 0 Å². The van der Waals surface area contributed by atoms with Gasteiger partial charge in [-0.25, -0.2) is 0 Å². The summed E-state index contributed by atoms with van der Waals surface area (Å²) in [6.45, 7) is 3.33. The van der Waals surface area contributed by atoms with E-state index >= 15 is 0 Å². The highest BCUT2D eigenvalue weighted by atomic mass is 32.1. The van der Waals surface area contributed by atoms with Crippen LogP contribution >= 0.6 is 11.3 Å². The number of hydrogen-bond donors (Lipinski definition) is 2. The molecule has 1 aliphatic rings. The van der Waals surface area contributed by atoms with E-state index in [0.717, 1.165) is 43.2 Å². The fraction of sp³-hybridized carbons (Fsp3) is 0.600. The van der Waals surface area contributed by atoms with Crippen LogP contribution in [0.15, 0.2) is 10.2 Å². The highest BCUT2D eigenvalue weighted by Crippen LogP contribution is 2.03. The van der Waals surface area contributed by atoms with Gasteiger partial charge in [-0.3, -0.25) is 9.59 Å². The van der Waals surface area contributed by atoms with Crippen LogP contribution in [0.5, 0.6) is 0 Å². The third-order valence-corrected chi connectivity index (χ3v) is 3.37. The number of amides is 1. The highest BCUT2D eigenvalue weighted by molar-refractivity contribution is 7.07. The first-order valence-corrected chi connectivity index (χ1v) is 6.29. The summed E-state index contributed by atoms with van der Waals surface area (Å²) in [5.74, 6) is 0.175. The molecular formula is C10H15N3O2S. The van der Waals surface area contributed by atoms with E-state index < -0.39 is 0 Å². The van der Waals surface area contributed by atoms with Crippen LogP contribution in [0, 0.1) is 0 Å². The lowest BCUT2D eigenvalue weighted by Gasteiger charge is -2.27. The minimum Gasteiger partial charge on any atom is -0.340 e.